The summed E-state index contributed by atoms with van der Waals surface area (Å²) >= 11 is 0. The van der Waals surface area contributed by atoms with Crippen molar-refractivity contribution in [1.82, 2.24) is 21.2 Å². The van der Waals surface area contributed by atoms with Crippen molar-refractivity contribution in [2.24, 2.45) is 21.7 Å². The van der Waals surface area contributed by atoms with Crippen LogP contribution in [0.1, 0.15) is 12.0 Å². The number of aliphatic hydroxyl groups excluding tert-OH is 1. The topological polar surface area (TPSA) is 230 Å². The Morgan fingerprint density at radius 3 is 2.53 bits per heavy atom. The van der Waals surface area contributed by atoms with Gasteiger partial charge in [-0.25, -0.2) is 32.2 Å². The van der Waals surface area contributed by atoms with Gasteiger partial charge in [0.1, 0.15) is 9.79 Å². The number of primary sulfonamides is 1. The Labute approximate surface area is 185 Å². The molecule has 1 atom stereocenters. The molecule has 0 saturated heterocycles. The van der Waals surface area contributed by atoms with Crippen LogP contribution in [0.3, 0.4) is 0 Å². The number of rotatable bonds is 9. The van der Waals surface area contributed by atoms with E-state index in [0.29, 0.717) is 31.7 Å². The van der Waals surface area contributed by atoms with Crippen molar-refractivity contribution in [3.63, 3.8) is 0 Å². The molecule has 2 aliphatic rings. The molecule has 0 aromatic heterocycles. The highest BCUT2D eigenvalue weighted by atomic mass is 32.2. The van der Waals surface area contributed by atoms with Crippen LogP contribution in [0.4, 0.5) is 5.69 Å². The van der Waals surface area contributed by atoms with E-state index >= 15 is 0 Å². The molecule has 0 radical (unpaired) electrons. The quantitative estimate of drug-likeness (QED) is 0.157. The summed E-state index contributed by atoms with van der Waals surface area (Å²) in [5.41, 5.74) is 20.1. The van der Waals surface area contributed by atoms with Gasteiger partial charge in [-0.2, -0.15) is 0 Å². The van der Waals surface area contributed by atoms with E-state index in [-0.39, 0.29) is 17.9 Å². The van der Waals surface area contributed by atoms with Crippen LogP contribution in [-0.2, 0) is 20.0 Å². The summed E-state index contributed by atoms with van der Waals surface area (Å²) < 4.78 is 53.4. The molecule has 32 heavy (non-hydrogen) atoms. The fourth-order valence-electron chi connectivity index (χ4n) is 3.34. The molecule has 0 unspecified atom stereocenters. The normalized spacial score (nSPS) is 17.9. The molecule has 0 spiro atoms. The van der Waals surface area contributed by atoms with Crippen molar-refractivity contribution in [3.8, 4) is 0 Å². The third kappa shape index (κ3) is 5.18. The second kappa shape index (κ2) is 9.67. The monoisotopic (exact) mass is 489 g/mol. The minimum absolute atomic E-state index is 0.0168. The van der Waals surface area contributed by atoms with Crippen LogP contribution in [0.15, 0.2) is 38.7 Å². The van der Waals surface area contributed by atoms with Crippen LogP contribution in [0.5, 0.6) is 0 Å². The molecule has 178 valence electrons. The first kappa shape index (κ1) is 24.3. The summed E-state index contributed by atoms with van der Waals surface area (Å²) in [6, 6.07) is 2.65. The first-order chi connectivity index (χ1) is 15.1. The van der Waals surface area contributed by atoms with Crippen molar-refractivity contribution in [3.05, 3.63) is 29.3 Å². The number of nitrogens with one attached hydrogen (secondary N) is 4. The maximum absolute atomic E-state index is 12.9. The first-order valence-electron chi connectivity index (χ1n) is 9.63. The Kier molecular flexibility index (Phi) is 7.36. The fourth-order valence-corrected chi connectivity index (χ4v) is 6.01. The van der Waals surface area contributed by atoms with Crippen LogP contribution < -0.4 is 42.7 Å². The predicted molar refractivity (Wildman–Crippen MR) is 118 cm³/mol. The number of hydrogen-bond acceptors (Lipinski definition) is 12. The maximum atomic E-state index is 12.9. The van der Waals surface area contributed by atoms with Gasteiger partial charge in [0, 0.05) is 38.4 Å². The Bertz CT molecular complexity index is 1130. The number of hydrazine groups is 2. The van der Waals surface area contributed by atoms with E-state index in [0.717, 1.165) is 11.6 Å². The van der Waals surface area contributed by atoms with E-state index in [2.05, 4.69) is 26.3 Å². The number of sulfonamides is 2. The maximum Gasteiger partial charge on any atom is 0.242 e. The average molecular weight is 490 g/mol. The highest BCUT2D eigenvalue weighted by molar-refractivity contribution is 7.92. The van der Waals surface area contributed by atoms with E-state index in [1.807, 2.05) is 11.0 Å². The molecule has 14 nitrogen and oxygen atoms in total. The molecular formula is C16H27N9O5S2. The number of hydrazone groups is 1. The number of hydrogen-bond donors (Lipinski definition) is 8. The highest BCUT2D eigenvalue weighted by Crippen LogP contribution is 2.34. The molecule has 2 heterocycles. The van der Waals surface area contributed by atoms with E-state index in [1.165, 1.54) is 6.07 Å². The van der Waals surface area contributed by atoms with E-state index < -0.39 is 42.5 Å². The lowest BCUT2D eigenvalue weighted by atomic mass is 10.1. The van der Waals surface area contributed by atoms with Gasteiger partial charge >= 0.3 is 0 Å². The minimum Gasteiger partial charge on any atom is -0.390 e. The SMILES string of the molecule is NCC1=CCN(c2ccc(S(=O)(=O)NC[C@H](O)CN)c(S(N)(=O)=O)c2C2=NNNN2)CC1. The van der Waals surface area contributed by atoms with E-state index in [1.54, 1.807) is 0 Å². The van der Waals surface area contributed by atoms with Crippen molar-refractivity contribution >= 4 is 31.6 Å². The Hall–Kier alpha value is -2.31. The van der Waals surface area contributed by atoms with Crippen LogP contribution in [0.2, 0.25) is 0 Å². The second-order valence-electron chi connectivity index (χ2n) is 7.16. The molecule has 16 heteroatoms. The Morgan fingerprint density at radius 1 is 1.25 bits per heavy atom. The lowest BCUT2D eigenvalue weighted by Crippen LogP contribution is -2.39. The van der Waals surface area contributed by atoms with Crippen LogP contribution in [0.25, 0.3) is 0 Å². The van der Waals surface area contributed by atoms with Gasteiger partial charge in [0.15, 0.2) is 5.84 Å². The molecular weight excluding hydrogens is 462 g/mol. The number of nitrogens with two attached hydrogens (primary N) is 3. The van der Waals surface area contributed by atoms with Gasteiger partial charge < -0.3 is 21.5 Å². The first-order valence-corrected chi connectivity index (χ1v) is 12.7. The van der Waals surface area contributed by atoms with Gasteiger partial charge in [-0.3, -0.25) is 5.43 Å². The van der Waals surface area contributed by atoms with E-state index in [9.17, 15) is 21.9 Å². The number of benzene rings is 1. The minimum atomic E-state index is -4.55. The number of anilines is 1. The molecule has 0 aliphatic carbocycles. The third-order valence-electron chi connectivity index (χ3n) is 5.00. The van der Waals surface area contributed by atoms with Crippen LogP contribution in [0, 0.1) is 0 Å². The largest absolute Gasteiger partial charge is 0.390 e. The molecule has 1 aromatic carbocycles. The van der Waals surface area contributed by atoms with E-state index in [4.69, 9.17) is 16.6 Å². The van der Waals surface area contributed by atoms with Crippen molar-refractivity contribution in [1.29, 1.82) is 0 Å². The van der Waals surface area contributed by atoms with Gasteiger partial charge in [-0.15, -0.1) is 10.6 Å². The highest BCUT2D eigenvalue weighted by Gasteiger charge is 2.34. The van der Waals surface area contributed by atoms with Gasteiger partial charge in [0.25, 0.3) is 0 Å². The second-order valence-corrected chi connectivity index (χ2v) is 10.4. The van der Waals surface area contributed by atoms with Crippen molar-refractivity contribution < 1.29 is 21.9 Å². The summed E-state index contributed by atoms with van der Waals surface area (Å²) in [5.74, 6) is 0.0386. The van der Waals surface area contributed by atoms with Gasteiger partial charge in [-0.05, 0) is 18.6 Å². The predicted octanol–water partition coefficient (Wildman–Crippen LogP) is -3.70. The summed E-state index contributed by atoms with van der Waals surface area (Å²) in [5, 5.41) is 19.1. The summed E-state index contributed by atoms with van der Waals surface area (Å²) in [6.07, 6.45) is 1.45. The van der Waals surface area contributed by atoms with Crippen LogP contribution in [-0.4, -0.2) is 66.6 Å². The van der Waals surface area contributed by atoms with Crippen molar-refractivity contribution in [2.45, 2.75) is 22.3 Å². The lowest BCUT2D eigenvalue weighted by molar-refractivity contribution is 0.186. The number of nitrogens with zero attached hydrogens (tertiary/aromatic N) is 2. The molecule has 3 rings (SSSR count). The van der Waals surface area contributed by atoms with Gasteiger partial charge in [0.05, 0.1) is 11.7 Å². The lowest BCUT2D eigenvalue weighted by Gasteiger charge is -2.31. The Morgan fingerprint density at radius 2 is 2.00 bits per heavy atom. The third-order valence-corrected chi connectivity index (χ3v) is 7.59. The zero-order valence-corrected chi connectivity index (χ0v) is 18.7. The fraction of sp³-hybridized carbons (Fsp3) is 0.438. The molecule has 0 bridgehead atoms. The smallest absolute Gasteiger partial charge is 0.242 e. The molecule has 0 fully saturated rings. The zero-order valence-electron chi connectivity index (χ0n) is 17.1. The summed E-state index contributed by atoms with van der Waals surface area (Å²) in [4.78, 5) is 0.665. The molecule has 1 aromatic rings. The molecule has 0 amide bonds. The Balaban J connectivity index is 2.19. The average Bonchev–Trinajstić information content (AvgIpc) is 3.30. The number of amidine groups is 1. The standard InChI is InChI=1S/C16H27N9O5S2/c17-7-10-3-5-25(6-4-10)12-1-2-13(32(29,30)20-9-11(26)8-18)15(31(19,27)28)14(12)16-21-23-24-22-16/h1-3,11,20,23-24,26H,4-9,17-18H2,(H,21,22)(H2,19,27,28)/t11-/m1/s1. The van der Waals surface area contributed by atoms with Crippen molar-refractivity contribution in [2.75, 3.05) is 37.6 Å². The molecule has 11 N–H and O–H groups in total. The summed E-state index contributed by atoms with van der Waals surface area (Å²) in [7, 11) is -8.94. The molecule has 0 saturated carbocycles. The molecule has 2 aliphatic heterocycles. The zero-order chi connectivity index (χ0) is 23.5. The van der Waals surface area contributed by atoms with Gasteiger partial charge in [-0.1, -0.05) is 11.6 Å². The number of aliphatic hydroxyl groups is 1. The van der Waals surface area contributed by atoms with Crippen LogP contribution >= 0.6 is 0 Å². The van der Waals surface area contributed by atoms with Gasteiger partial charge in [0.2, 0.25) is 20.0 Å². The summed E-state index contributed by atoms with van der Waals surface area (Å²) in [6.45, 7) is 0.802.